The van der Waals surface area contributed by atoms with E-state index < -0.39 is 0 Å². The Bertz CT molecular complexity index is 1030. The molecule has 2 aromatic heterocycles. The van der Waals surface area contributed by atoms with Crippen LogP contribution in [-0.4, -0.2) is 22.2 Å². The summed E-state index contributed by atoms with van der Waals surface area (Å²) in [6.45, 7) is 3.13. The Morgan fingerprint density at radius 3 is 2.37 bits per heavy atom. The van der Waals surface area contributed by atoms with E-state index in [0.29, 0.717) is 18.8 Å². The predicted molar refractivity (Wildman–Crippen MR) is 118 cm³/mol. The summed E-state index contributed by atoms with van der Waals surface area (Å²) >= 11 is 30.2. The van der Waals surface area contributed by atoms with Crippen molar-refractivity contribution in [3.63, 3.8) is 0 Å². The average molecular weight is 512 g/mol. The summed E-state index contributed by atoms with van der Waals surface area (Å²) in [5.74, 6) is 0.302. The Balaban J connectivity index is 1.54. The predicted octanol–water partition coefficient (Wildman–Crippen LogP) is 6.45. The highest BCUT2D eigenvalue weighted by Gasteiger charge is 2.21. The molecule has 6 nitrogen and oxygen atoms in total. The van der Waals surface area contributed by atoms with E-state index in [9.17, 15) is 4.79 Å². The number of ether oxygens (including phenoxy) is 1. The first-order chi connectivity index (χ1) is 14.3. The van der Waals surface area contributed by atoms with Gasteiger partial charge in [0.15, 0.2) is 11.5 Å². The van der Waals surface area contributed by atoms with Crippen LogP contribution in [0.2, 0.25) is 25.1 Å². The number of nitrogens with one attached hydrogen (secondary N) is 1. The van der Waals surface area contributed by atoms with Crippen LogP contribution in [0.4, 0.5) is 0 Å². The van der Waals surface area contributed by atoms with Gasteiger partial charge in [-0.1, -0.05) is 58.0 Å². The van der Waals surface area contributed by atoms with Crippen LogP contribution in [0.3, 0.4) is 0 Å². The van der Waals surface area contributed by atoms with Crippen molar-refractivity contribution in [3.05, 3.63) is 66.7 Å². The van der Waals surface area contributed by atoms with E-state index in [-0.39, 0.29) is 49.1 Å². The highest BCUT2D eigenvalue weighted by Crippen LogP contribution is 2.48. The molecule has 0 radical (unpaired) electrons. The van der Waals surface area contributed by atoms with Crippen LogP contribution in [-0.2, 0) is 13.2 Å². The van der Waals surface area contributed by atoms with Crippen molar-refractivity contribution in [1.29, 1.82) is 0 Å². The third-order valence-corrected chi connectivity index (χ3v) is 6.42. The molecule has 30 heavy (non-hydrogen) atoms. The van der Waals surface area contributed by atoms with Gasteiger partial charge < -0.3 is 14.5 Å². The van der Waals surface area contributed by atoms with Gasteiger partial charge in [-0.2, -0.15) is 5.10 Å². The second kappa shape index (κ2) is 10.2. The van der Waals surface area contributed by atoms with E-state index in [1.54, 1.807) is 18.3 Å². The average Bonchev–Trinajstić information content (AvgIpc) is 3.37. The lowest BCUT2D eigenvalue weighted by Crippen LogP contribution is -2.25. The minimum atomic E-state index is -0.327. The summed E-state index contributed by atoms with van der Waals surface area (Å²) in [5.41, 5.74) is 1.07. The SMILES string of the molecule is Cc1ccnn1CCCNC(=O)c1ccc(COc2c(Cl)c(Cl)c(Cl)c(Cl)c2Cl)o1. The van der Waals surface area contributed by atoms with Crippen molar-refractivity contribution in [1.82, 2.24) is 15.1 Å². The van der Waals surface area contributed by atoms with Crippen LogP contribution in [0, 0.1) is 6.92 Å². The van der Waals surface area contributed by atoms with Gasteiger partial charge in [0.25, 0.3) is 5.91 Å². The normalized spacial score (nSPS) is 11.0. The molecule has 0 atom stereocenters. The van der Waals surface area contributed by atoms with Crippen molar-refractivity contribution < 1.29 is 13.9 Å². The summed E-state index contributed by atoms with van der Waals surface area (Å²) in [4.78, 5) is 12.2. The van der Waals surface area contributed by atoms with E-state index in [4.69, 9.17) is 67.2 Å². The van der Waals surface area contributed by atoms with Crippen LogP contribution < -0.4 is 10.1 Å². The quantitative estimate of drug-likeness (QED) is 0.214. The van der Waals surface area contributed by atoms with Crippen molar-refractivity contribution in [3.8, 4) is 5.75 Å². The fraction of sp³-hybridized carbons (Fsp3) is 0.263. The molecule has 0 spiro atoms. The number of furan rings is 1. The van der Waals surface area contributed by atoms with Crippen molar-refractivity contribution >= 4 is 63.9 Å². The zero-order chi connectivity index (χ0) is 21.8. The number of halogens is 5. The second-order valence-corrected chi connectivity index (χ2v) is 8.15. The molecule has 1 N–H and O–H groups in total. The smallest absolute Gasteiger partial charge is 0.286 e. The fourth-order valence-electron chi connectivity index (χ4n) is 2.58. The molecule has 0 saturated carbocycles. The summed E-state index contributed by atoms with van der Waals surface area (Å²) in [7, 11) is 0. The van der Waals surface area contributed by atoms with Gasteiger partial charge in [-0.15, -0.1) is 0 Å². The molecule has 3 aromatic rings. The van der Waals surface area contributed by atoms with Gasteiger partial charge >= 0.3 is 0 Å². The Hall–Kier alpha value is -1.57. The number of hydrogen-bond donors (Lipinski definition) is 1. The maximum absolute atomic E-state index is 12.2. The van der Waals surface area contributed by atoms with E-state index in [0.717, 1.165) is 12.1 Å². The van der Waals surface area contributed by atoms with Gasteiger partial charge in [-0.25, -0.2) is 0 Å². The lowest BCUT2D eigenvalue weighted by atomic mass is 10.3. The molecule has 2 heterocycles. The van der Waals surface area contributed by atoms with Crippen LogP contribution in [0.5, 0.6) is 5.75 Å². The Labute approximate surface area is 197 Å². The lowest BCUT2D eigenvalue weighted by molar-refractivity contribution is 0.0921. The highest BCUT2D eigenvalue weighted by molar-refractivity contribution is 6.55. The number of carbonyl (C=O) groups is 1. The number of benzene rings is 1. The Kier molecular flexibility index (Phi) is 7.82. The summed E-state index contributed by atoms with van der Waals surface area (Å²) in [6, 6.07) is 5.09. The Morgan fingerprint density at radius 2 is 1.73 bits per heavy atom. The maximum Gasteiger partial charge on any atom is 0.286 e. The van der Waals surface area contributed by atoms with E-state index in [1.165, 1.54) is 0 Å². The van der Waals surface area contributed by atoms with Crippen LogP contribution in [0.15, 0.2) is 28.8 Å². The molecule has 0 fully saturated rings. The van der Waals surface area contributed by atoms with Crippen molar-refractivity contribution in [2.24, 2.45) is 0 Å². The lowest BCUT2D eigenvalue weighted by Gasteiger charge is -2.12. The molecule has 0 saturated heterocycles. The molecule has 160 valence electrons. The van der Waals surface area contributed by atoms with E-state index in [2.05, 4.69) is 10.4 Å². The summed E-state index contributed by atoms with van der Waals surface area (Å²) in [6.07, 6.45) is 2.48. The molecular formula is C19H16Cl5N3O3. The number of aromatic nitrogens is 2. The van der Waals surface area contributed by atoms with Crippen molar-refractivity contribution in [2.75, 3.05) is 6.54 Å². The molecule has 0 aliphatic carbocycles. The fourth-order valence-corrected chi connectivity index (χ4v) is 3.81. The monoisotopic (exact) mass is 509 g/mol. The van der Waals surface area contributed by atoms with Crippen molar-refractivity contribution in [2.45, 2.75) is 26.5 Å². The van der Waals surface area contributed by atoms with Gasteiger partial charge in [0.05, 0.1) is 15.1 Å². The number of aryl methyl sites for hydroxylation is 2. The van der Waals surface area contributed by atoms with Gasteiger partial charge in [0.1, 0.15) is 22.4 Å². The largest absolute Gasteiger partial charge is 0.482 e. The van der Waals surface area contributed by atoms with Crippen LogP contribution >= 0.6 is 58.0 Å². The number of amides is 1. The molecule has 0 unspecified atom stereocenters. The molecule has 0 aliphatic rings. The number of carbonyl (C=O) groups excluding carboxylic acids is 1. The first-order valence-electron chi connectivity index (χ1n) is 8.79. The van der Waals surface area contributed by atoms with E-state index >= 15 is 0 Å². The molecule has 11 heteroatoms. The molecular weight excluding hydrogens is 495 g/mol. The molecule has 1 aromatic carbocycles. The maximum atomic E-state index is 12.2. The molecule has 1 amide bonds. The summed E-state index contributed by atoms with van der Waals surface area (Å²) in [5, 5.41) is 7.18. The van der Waals surface area contributed by atoms with E-state index in [1.807, 2.05) is 17.7 Å². The number of hydrogen-bond acceptors (Lipinski definition) is 4. The molecule has 0 aliphatic heterocycles. The molecule has 0 bridgehead atoms. The van der Waals surface area contributed by atoms with Gasteiger partial charge in [0.2, 0.25) is 0 Å². The zero-order valence-corrected chi connectivity index (χ0v) is 19.4. The topological polar surface area (TPSA) is 69.3 Å². The number of rotatable bonds is 8. The minimum Gasteiger partial charge on any atom is -0.482 e. The standard InChI is InChI=1S/C19H16Cl5N3O3/c1-10-5-7-26-27(10)8-2-6-25-19(28)12-4-3-11(30-12)9-29-18-16(23)14(21)13(20)15(22)17(18)24/h3-5,7H,2,6,8-9H2,1H3,(H,25,28). The van der Waals surface area contributed by atoms with Gasteiger partial charge in [0, 0.05) is 25.0 Å². The summed E-state index contributed by atoms with van der Waals surface area (Å²) < 4.78 is 13.0. The van der Waals surface area contributed by atoms with Crippen LogP contribution in [0.25, 0.3) is 0 Å². The first kappa shape index (κ1) is 23.1. The highest BCUT2D eigenvalue weighted by atomic mass is 35.5. The Morgan fingerprint density at radius 1 is 1.07 bits per heavy atom. The minimum absolute atomic E-state index is 0.0348. The first-order valence-corrected chi connectivity index (χ1v) is 10.7. The van der Waals surface area contributed by atoms with Crippen LogP contribution in [0.1, 0.15) is 28.4 Å². The molecule has 3 rings (SSSR count). The third-order valence-electron chi connectivity index (χ3n) is 4.17. The number of nitrogens with zero attached hydrogens (tertiary/aromatic N) is 2. The van der Waals surface area contributed by atoms with Gasteiger partial charge in [-0.05, 0) is 31.5 Å². The third kappa shape index (κ3) is 5.18. The second-order valence-electron chi connectivity index (χ2n) is 6.26. The zero-order valence-electron chi connectivity index (χ0n) is 15.6. The van der Waals surface area contributed by atoms with Gasteiger partial charge in [-0.3, -0.25) is 9.48 Å².